The molecule has 3 saturated carbocycles. The second-order valence-corrected chi connectivity index (χ2v) is 10.9. The van der Waals surface area contributed by atoms with Crippen LogP contribution in [0.3, 0.4) is 0 Å². The molecule has 7 atom stereocenters. The third-order valence-electron chi connectivity index (χ3n) is 9.26. The van der Waals surface area contributed by atoms with Gasteiger partial charge in [0.05, 0.1) is 5.60 Å². The minimum Gasteiger partial charge on any atom is -0.390 e. The third-order valence-corrected chi connectivity index (χ3v) is 9.26. The number of allylic oxidation sites excluding steroid dienone is 1. The van der Waals surface area contributed by atoms with Crippen LogP contribution in [0.1, 0.15) is 86.0 Å². The van der Waals surface area contributed by atoms with Crippen LogP contribution in [0.25, 0.3) is 0 Å². The van der Waals surface area contributed by atoms with Crippen LogP contribution in [0.4, 0.5) is 0 Å². The first-order valence-electron chi connectivity index (χ1n) is 10.6. The summed E-state index contributed by atoms with van der Waals surface area (Å²) in [7, 11) is 0. The molecular formula is C23H38O. The first-order chi connectivity index (χ1) is 11.2. The van der Waals surface area contributed by atoms with Crippen molar-refractivity contribution in [2.45, 2.75) is 91.6 Å². The van der Waals surface area contributed by atoms with Crippen LogP contribution in [-0.4, -0.2) is 10.7 Å². The van der Waals surface area contributed by atoms with Gasteiger partial charge in [0.2, 0.25) is 0 Å². The maximum Gasteiger partial charge on any atom is 0.0657 e. The van der Waals surface area contributed by atoms with Crippen molar-refractivity contribution in [3.63, 3.8) is 0 Å². The van der Waals surface area contributed by atoms with Crippen molar-refractivity contribution in [2.75, 3.05) is 0 Å². The Kier molecular flexibility index (Phi) is 3.82. The van der Waals surface area contributed by atoms with Gasteiger partial charge >= 0.3 is 0 Å². The Hall–Kier alpha value is -0.300. The first-order valence-corrected chi connectivity index (χ1v) is 10.6. The fourth-order valence-corrected chi connectivity index (χ4v) is 7.94. The van der Waals surface area contributed by atoms with Gasteiger partial charge in [0.15, 0.2) is 0 Å². The number of hydrogen-bond donors (Lipinski definition) is 1. The standard InChI is InChI=1S/C23H38O/c1-15(2)18-8-9-19-17-7-6-16-14-21(3,24)12-13-22(16,4)20(17)10-11-23(18,19)5/h6,15,17-20,24H,7-14H2,1-5H3/t17-,18+,19-,20-,21-,22-,23+/m0/s1. The molecule has 0 unspecified atom stereocenters. The van der Waals surface area contributed by atoms with Crippen LogP contribution in [0.15, 0.2) is 11.6 Å². The van der Waals surface area contributed by atoms with Crippen LogP contribution >= 0.6 is 0 Å². The molecule has 0 aromatic rings. The Bertz CT molecular complexity index is 544. The van der Waals surface area contributed by atoms with Gasteiger partial charge in [-0.1, -0.05) is 39.3 Å². The summed E-state index contributed by atoms with van der Waals surface area (Å²) in [5.41, 5.74) is 2.11. The predicted octanol–water partition coefficient (Wildman–Crippen LogP) is 5.97. The number of aliphatic hydroxyl groups is 1. The van der Waals surface area contributed by atoms with Crippen molar-refractivity contribution >= 4 is 0 Å². The maximum atomic E-state index is 10.6. The molecule has 1 nitrogen and oxygen atoms in total. The van der Waals surface area contributed by atoms with E-state index in [4.69, 9.17) is 0 Å². The Morgan fingerprint density at radius 2 is 1.75 bits per heavy atom. The SMILES string of the molecule is CC(C)[C@H]1CC[C@H]2[C@@H]3CC=C4C[C@@](C)(O)CC[C@]4(C)[C@H]3CC[C@]12C. The highest BCUT2D eigenvalue weighted by Crippen LogP contribution is 2.67. The molecule has 1 heteroatoms. The van der Waals surface area contributed by atoms with Crippen molar-refractivity contribution in [3.05, 3.63) is 11.6 Å². The van der Waals surface area contributed by atoms with Gasteiger partial charge < -0.3 is 5.11 Å². The highest BCUT2D eigenvalue weighted by molar-refractivity contribution is 5.26. The number of hydrogen-bond acceptors (Lipinski definition) is 1. The summed E-state index contributed by atoms with van der Waals surface area (Å²) in [6, 6.07) is 0. The van der Waals surface area contributed by atoms with Gasteiger partial charge in [-0.25, -0.2) is 0 Å². The first kappa shape index (κ1) is 17.1. The van der Waals surface area contributed by atoms with E-state index >= 15 is 0 Å². The van der Waals surface area contributed by atoms with Crippen LogP contribution in [0, 0.1) is 40.4 Å². The fourth-order valence-electron chi connectivity index (χ4n) is 7.94. The predicted molar refractivity (Wildman–Crippen MR) is 101 cm³/mol. The Morgan fingerprint density at radius 3 is 2.46 bits per heavy atom. The van der Waals surface area contributed by atoms with Gasteiger partial charge in [-0.3, -0.25) is 0 Å². The Morgan fingerprint density at radius 1 is 1.00 bits per heavy atom. The topological polar surface area (TPSA) is 20.2 Å². The molecule has 0 aromatic heterocycles. The lowest BCUT2D eigenvalue weighted by Gasteiger charge is -2.59. The molecule has 4 rings (SSSR count). The second-order valence-electron chi connectivity index (χ2n) is 10.9. The van der Waals surface area contributed by atoms with Crippen molar-refractivity contribution in [1.29, 1.82) is 0 Å². The molecule has 0 saturated heterocycles. The van der Waals surface area contributed by atoms with Crippen LogP contribution in [0.5, 0.6) is 0 Å². The van der Waals surface area contributed by atoms with E-state index in [2.05, 4.69) is 33.8 Å². The zero-order valence-electron chi connectivity index (χ0n) is 16.6. The minimum absolute atomic E-state index is 0.377. The van der Waals surface area contributed by atoms with Gasteiger partial charge in [-0.15, -0.1) is 0 Å². The zero-order chi connectivity index (χ0) is 17.3. The molecule has 4 aliphatic rings. The number of fused-ring (bicyclic) bond motifs is 5. The Balaban J connectivity index is 1.65. The molecule has 1 N–H and O–H groups in total. The van der Waals surface area contributed by atoms with Crippen LogP contribution < -0.4 is 0 Å². The highest BCUT2D eigenvalue weighted by Gasteiger charge is 2.59. The van der Waals surface area contributed by atoms with Gasteiger partial charge in [-0.05, 0) is 98.7 Å². The monoisotopic (exact) mass is 330 g/mol. The highest BCUT2D eigenvalue weighted by atomic mass is 16.3. The average Bonchev–Trinajstić information content (AvgIpc) is 2.85. The summed E-state index contributed by atoms with van der Waals surface area (Å²) in [5, 5.41) is 10.6. The minimum atomic E-state index is -0.461. The van der Waals surface area contributed by atoms with E-state index in [1.807, 2.05) is 6.92 Å². The van der Waals surface area contributed by atoms with Crippen molar-refractivity contribution in [2.24, 2.45) is 40.4 Å². The molecule has 4 aliphatic carbocycles. The summed E-state index contributed by atoms with van der Waals surface area (Å²) < 4.78 is 0. The van der Waals surface area contributed by atoms with Crippen molar-refractivity contribution in [1.82, 2.24) is 0 Å². The molecule has 0 aromatic carbocycles. The molecule has 0 heterocycles. The summed E-state index contributed by atoms with van der Waals surface area (Å²) in [6.45, 7) is 12.1. The molecule has 0 radical (unpaired) electrons. The van der Waals surface area contributed by atoms with Gasteiger partial charge in [0.25, 0.3) is 0 Å². The van der Waals surface area contributed by atoms with E-state index in [1.54, 1.807) is 5.57 Å². The van der Waals surface area contributed by atoms with Gasteiger partial charge in [0, 0.05) is 0 Å². The van der Waals surface area contributed by atoms with Crippen LogP contribution in [-0.2, 0) is 0 Å². The van der Waals surface area contributed by atoms with Crippen molar-refractivity contribution < 1.29 is 5.11 Å². The molecule has 3 fully saturated rings. The van der Waals surface area contributed by atoms with E-state index in [1.165, 1.54) is 38.5 Å². The van der Waals surface area contributed by atoms with E-state index in [0.29, 0.717) is 10.8 Å². The summed E-state index contributed by atoms with van der Waals surface area (Å²) in [4.78, 5) is 0. The third kappa shape index (κ3) is 2.29. The molecule has 0 bridgehead atoms. The number of rotatable bonds is 1. The van der Waals surface area contributed by atoms with Gasteiger partial charge in [-0.2, -0.15) is 0 Å². The maximum absolute atomic E-state index is 10.6. The summed E-state index contributed by atoms with van der Waals surface area (Å²) >= 11 is 0. The quantitative estimate of drug-likeness (QED) is 0.587. The average molecular weight is 331 g/mol. The smallest absolute Gasteiger partial charge is 0.0657 e. The van der Waals surface area contributed by atoms with Crippen molar-refractivity contribution in [3.8, 4) is 0 Å². The second kappa shape index (κ2) is 5.35. The van der Waals surface area contributed by atoms with E-state index in [9.17, 15) is 5.11 Å². The van der Waals surface area contributed by atoms with Crippen LogP contribution in [0.2, 0.25) is 0 Å². The van der Waals surface area contributed by atoms with E-state index in [0.717, 1.165) is 42.4 Å². The van der Waals surface area contributed by atoms with Gasteiger partial charge in [0.1, 0.15) is 0 Å². The molecule has 0 aliphatic heterocycles. The normalized spacial score (nSPS) is 54.0. The van der Waals surface area contributed by atoms with E-state index in [-0.39, 0.29) is 0 Å². The summed E-state index contributed by atoms with van der Waals surface area (Å²) in [5.74, 6) is 4.50. The largest absolute Gasteiger partial charge is 0.390 e. The molecule has 0 amide bonds. The molecule has 24 heavy (non-hydrogen) atoms. The lowest BCUT2D eigenvalue weighted by atomic mass is 9.46. The lowest BCUT2D eigenvalue weighted by molar-refractivity contribution is -0.0694. The van der Waals surface area contributed by atoms with E-state index < -0.39 is 5.60 Å². The fraction of sp³-hybridized carbons (Fsp3) is 0.913. The molecule has 0 spiro atoms. The Labute approximate surface area is 149 Å². The molecule has 136 valence electrons. The summed E-state index contributed by atoms with van der Waals surface area (Å²) in [6.07, 6.45) is 12.8. The lowest BCUT2D eigenvalue weighted by Crippen LogP contribution is -2.52. The molecular weight excluding hydrogens is 292 g/mol. The zero-order valence-corrected chi connectivity index (χ0v) is 16.6.